The molecular weight excluding hydrogens is 506 g/mol. The Morgan fingerprint density at radius 3 is 2.27 bits per heavy atom. The van der Waals surface area contributed by atoms with Gasteiger partial charge in [-0.25, -0.2) is 13.2 Å². The summed E-state index contributed by atoms with van der Waals surface area (Å²) in [6.45, 7) is 5.91. The minimum atomic E-state index is -3.95. The van der Waals surface area contributed by atoms with Gasteiger partial charge in [-0.05, 0) is 90.3 Å². The highest BCUT2D eigenvalue weighted by Gasteiger charge is 2.31. The van der Waals surface area contributed by atoms with Crippen LogP contribution in [0, 0.1) is 6.92 Å². The summed E-state index contributed by atoms with van der Waals surface area (Å²) in [6, 6.07) is 16.6. The second-order valence-electron chi connectivity index (χ2n) is 8.40. The number of aryl methyl sites for hydroxylation is 1. The third-order valence-electron chi connectivity index (χ3n) is 5.22. The number of hydrogen-bond acceptors (Lipinski definition) is 4. The molecule has 8 heteroatoms. The van der Waals surface area contributed by atoms with Crippen LogP contribution in [0.3, 0.4) is 0 Å². The van der Waals surface area contributed by atoms with E-state index in [2.05, 4.69) is 20.7 Å². The van der Waals surface area contributed by atoms with Gasteiger partial charge in [0.1, 0.15) is 11.4 Å². The van der Waals surface area contributed by atoms with Crippen LogP contribution in [0.2, 0.25) is 0 Å². The van der Waals surface area contributed by atoms with Crippen LogP contribution in [0.1, 0.15) is 40.9 Å². The fourth-order valence-electron chi connectivity index (χ4n) is 3.61. The van der Waals surface area contributed by atoms with Gasteiger partial charge in [0.15, 0.2) is 0 Å². The Labute approximate surface area is 201 Å². The Morgan fingerprint density at radius 1 is 1.03 bits per heavy atom. The number of hydrogen-bond donors (Lipinski definition) is 2. The highest BCUT2D eigenvalue weighted by molar-refractivity contribution is 9.10. The van der Waals surface area contributed by atoms with Crippen molar-refractivity contribution in [3.63, 3.8) is 0 Å². The molecule has 0 amide bonds. The predicted octanol–water partition coefficient (Wildman–Crippen LogP) is 5.86. The zero-order valence-corrected chi connectivity index (χ0v) is 20.6. The monoisotopic (exact) mass is 527 g/mol. The molecule has 170 valence electrons. The maximum atomic E-state index is 13.2. The molecule has 0 saturated heterocycles. The number of benzene rings is 3. The van der Waals surface area contributed by atoms with E-state index in [0.29, 0.717) is 15.8 Å². The van der Waals surface area contributed by atoms with Gasteiger partial charge in [-0.15, -0.1) is 0 Å². The molecule has 0 unspecified atom stereocenters. The van der Waals surface area contributed by atoms with E-state index >= 15 is 0 Å². The van der Waals surface area contributed by atoms with Crippen LogP contribution in [-0.4, -0.2) is 25.1 Å². The van der Waals surface area contributed by atoms with Crippen LogP contribution in [0.4, 0.5) is 5.69 Å². The van der Waals surface area contributed by atoms with Crippen LogP contribution in [0.5, 0.6) is 5.75 Å². The molecule has 1 heterocycles. The van der Waals surface area contributed by atoms with Crippen molar-refractivity contribution in [2.75, 3.05) is 4.72 Å². The van der Waals surface area contributed by atoms with Crippen molar-refractivity contribution in [2.24, 2.45) is 0 Å². The number of aromatic carboxylic acids is 1. The van der Waals surface area contributed by atoms with E-state index < -0.39 is 21.6 Å². The standard InChI is InChI=1S/C25H22BrNO5S/c1-15-4-6-16(7-5-15)21-14-25(2,3)32-23-20(21)12-19(13-22(23)26)33(30,31)27-18-10-8-17(9-11-18)24(28)29/h4-14,27H,1-3H3,(H,28,29). The summed E-state index contributed by atoms with van der Waals surface area (Å²) in [5, 5.41) is 9.04. The number of rotatable bonds is 5. The molecule has 3 aromatic carbocycles. The summed E-state index contributed by atoms with van der Waals surface area (Å²) in [6.07, 6.45) is 1.99. The van der Waals surface area contributed by atoms with E-state index in [0.717, 1.165) is 16.7 Å². The molecule has 33 heavy (non-hydrogen) atoms. The summed E-state index contributed by atoms with van der Waals surface area (Å²) in [4.78, 5) is 11.1. The molecule has 6 nitrogen and oxygen atoms in total. The first-order chi connectivity index (χ1) is 15.4. The fourth-order valence-corrected chi connectivity index (χ4v) is 5.42. The average Bonchev–Trinajstić information content (AvgIpc) is 2.74. The number of carboxylic acids is 1. The van der Waals surface area contributed by atoms with Crippen molar-refractivity contribution >= 4 is 43.2 Å². The number of fused-ring (bicyclic) bond motifs is 1. The first-order valence-electron chi connectivity index (χ1n) is 10.1. The van der Waals surface area contributed by atoms with E-state index in [-0.39, 0.29) is 16.1 Å². The lowest BCUT2D eigenvalue weighted by Crippen LogP contribution is -2.29. The van der Waals surface area contributed by atoms with Crippen LogP contribution >= 0.6 is 15.9 Å². The van der Waals surface area contributed by atoms with Crippen LogP contribution < -0.4 is 9.46 Å². The Bertz CT molecular complexity index is 1380. The topological polar surface area (TPSA) is 92.7 Å². The zero-order valence-electron chi connectivity index (χ0n) is 18.2. The van der Waals surface area contributed by atoms with Gasteiger partial charge in [0.05, 0.1) is 14.9 Å². The number of anilines is 1. The number of ether oxygens (including phenoxy) is 1. The number of carbonyl (C=O) groups is 1. The Balaban J connectivity index is 1.78. The highest BCUT2D eigenvalue weighted by Crippen LogP contribution is 2.45. The number of nitrogens with one attached hydrogen (secondary N) is 1. The zero-order chi connectivity index (χ0) is 24.0. The maximum Gasteiger partial charge on any atom is 0.335 e. The lowest BCUT2D eigenvalue weighted by Gasteiger charge is -2.32. The normalized spacial score (nSPS) is 14.6. The van der Waals surface area contributed by atoms with Crippen LogP contribution in [-0.2, 0) is 10.0 Å². The quantitative estimate of drug-likeness (QED) is 0.433. The first-order valence-corrected chi connectivity index (χ1v) is 12.4. The summed E-state index contributed by atoms with van der Waals surface area (Å²) in [7, 11) is -3.95. The number of sulfonamides is 1. The van der Waals surface area contributed by atoms with Crippen LogP contribution in [0.25, 0.3) is 5.57 Å². The van der Waals surface area contributed by atoms with Crippen molar-refractivity contribution in [3.05, 3.63) is 93.5 Å². The fraction of sp³-hybridized carbons (Fsp3) is 0.160. The van der Waals surface area contributed by atoms with Crippen molar-refractivity contribution in [1.29, 1.82) is 0 Å². The molecule has 4 rings (SSSR count). The highest BCUT2D eigenvalue weighted by atomic mass is 79.9. The van der Waals surface area contributed by atoms with Gasteiger partial charge < -0.3 is 9.84 Å². The smallest absolute Gasteiger partial charge is 0.335 e. The van der Waals surface area contributed by atoms with Crippen molar-refractivity contribution in [2.45, 2.75) is 31.3 Å². The van der Waals surface area contributed by atoms with Crippen molar-refractivity contribution in [1.82, 2.24) is 0 Å². The summed E-state index contributed by atoms with van der Waals surface area (Å²) in [5.41, 5.74) is 3.38. The first kappa shape index (κ1) is 23.1. The Kier molecular flexibility index (Phi) is 5.84. The lowest BCUT2D eigenvalue weighted by atomic mass is 9.90. The molecule has 0 spiro atoms. The van der Waals surface area contributed by atoms with Gasteiger partial charge in [0, 0.05) is 11.3 Å². The molecule has 1 aliphatic rings. The molecule has 0 fully saturated rings. The van der Waals surface area contributed by atoms with E-state index in [4.69, 9.17) is 9.84 Å². The van der Waals surface area contributed by atoms with Crippen molar-refractivity contribution < 1.29 is 23.1 Å². The van der Waals surface area contributed by atoms with Crippen molar-refractivity contribution in [3.8, 4) is 5.75 Å². The van der Waals surface area contributed by atoms with Gasteiger partial charge >= 0.3 is 5.97 Å². The third kappa shape index (κ3) is 4.82. The van der Waals surface area contributed by atoms with E-state index in [1.165, 1.54) is 30.3 Å². The molecule has 2 N–H and O–H groups in total. The molecule has 0 bridgehead atoms. The molecule has 3 aromatic rings. The van der Waals surface area contributed by atoms with E-state index in [1.54, 1.807) is 6.07 Å². The summed E-state index contributed by atoms with van der Waals surface area (Å²) >= 11 is 3.49. The molecular formula is C25H22BrNO5S. The molecule has 0 aromatic heterocycles. The SMILES string of the molecule is Cc1ccc(C2=CC(C)(C)Oc3c(Br)cc(S(=O)(=O)Nc4ccc(C(=O)O)cc4)cc32)cc1. The maximum absolute atomic E-state index is 13.2. The van der Waals surface area contributed by atoms with E-state index in [1.807, 2.05) is 51.1 Å². The summed E-state index contributed by atoms with van der Waals surface area (Å²) < 4.78 is 35.5. The van der Waals surface area contributed by atoms with E-state index in [9.17, 15) is 13.2 Å². The molecule has 0 atom stereocenters. The second-order valence-corrected chi connectivity index (χ2v) is 10.9. The Hall–Kier alpha value is -3.10. The Morgan fingerprint density at radius 2 is 1.67 bits per heavy atom. The van der Waals surface area contributed by atoms with Gasteiger partial charge in [-0.1, -0.05) is 29.8 Å². The lowest BCUT2D eigenvalue weighted by molar-refractivity contribution is 0.0697. The summed E-state index contributed by atoms with van der Waals surface area (Å²) in [5.74, 6) is -0.510. The average molecular weight is 528 g/mol. The van der Waals surface area contributed by atoms with Gasteiger partial charge in [-0.2, -0.15) is 0 Å². The predicted molar refractivity (Wildman–Crippen MR) is 131 cm³/mol. The largest absolute Gasteiger partial charge is 0.482 e. The molecule has 1 aliphatic heterocycles. The third-order valence-corrected chi connectivity index (χ3v) is 7.17. The molecule has 0 radical (unpaired) electrons. The van der Waals surface area contributed by atoms with Gasteiger partial charge in [0.2, 0.25) is 0 Å². The van der Waals surface area contributed by atoms with Crippen LogP contribution in [0.15, 0.2) is 76.1 Å². The minimum Gasteiger partial charge on any atom is -0.482 e. The number of halogens is 1. The molecule has 0 aliphatic carbocycles. The minimum absolute atomic E-state index is 0.0525. The molecule has 0 saturated carbocycles. The second kappa shape index (κ2) is 8.35. The van der Waals surface area contributed by atoms with Gasteiger partial charge in [0.25, 0.3) is 10.0 Å². The number of carboxylic acid groups (broad SMARTS) is 1. The van der Waals surface area contributed by atoms with Gasteiger partial charge in [-0.3, -0.25) is 4.72 Å².